The summed E-state index contributed by atoms with van der Waals surface area (Å²) in [6.07, 6.45) is -3.00. The Morgan fingerprint density at radius 1 is 1.09 bits per heavy atom. The molecule has 0 spiro atoms. The number of aromatic nitrogens is 5. The van der Waals surface area contributed by atoms with Gasteiger partial charge in [0.2, 0.25) is 23.5 Å². The lowest BCUT2D eigenvalue weighted by atomic mass is 9.98. The highest BCUT2D eigenvalue weighted by Crippen LogP contribution is 2.26. The SMILES string of the molecule is CN(c1ccccc1)c1nc(N)nc(-c2noc(N3CCC(COCC(F)(F)F)CC3)n2)n1. The van der Waals surface area contributed by atoms with Crippen LogP contribution in [0.2, 0.25) is 0 Å². The van der Waals surface area contributed by atoms with Crippen LogP contribution in [0, 0.1) is 5.92 Å². The van der Waals surface area contributed by atoms with E-state index in [0.717, 1.165) is 5.69 Å². The zero-order chi connectivity index (χ0) is 23.4. The Bertz CT molecular complexity index is 1050. The van der Waals surface area contributed by atoms with E-state index in [1.807, 2.05) is 35.2 Å². The first kappa shape index (κ1) is 22.7. The van der Waals surface area contributed by atoms with E-state index in [-0.39, 0.29) is 36.1 Å². The second-order valence-corrected chi connectivity index (χ2v) is 7.67. The summed E-state index contributed by atoms with van der Waals surface area (Å²) in [6.45, 7) is -0.0347. The third-order valence-electron chi connectivity index (χ3n) is 5.20. The van der Waals surface area contributed by atoms with Gasteiger partial charge in [0.15, 0.2) is 0 Å². The van der Waals surface area contributed by atoms with Crippen LogP contribution in [0.25, 0.3) is 11.6 Å². The van der Waals surface area contributed by atoms with Crippen molar-refractivity contribution in [1.29, 1.82) is 0 Å². The van der Waals surface area contributed by atoms with Crippen LogP contribution in [-0.2, 0) is 4.74 Å². The Hall–Kier alpha value is -3.48. The summed E-state index contributed by atoms with van der Waals surface area (Å²) in [5, 5.41) is 3.97. The number of anilines is 4. The average molecular weight is 464 g/mol. The highest BCUT2D eigenvalue weighted by Gasteiger charge is 2.29. The molecule has 1 saturated heterocycles. The van der Waals surface area contributed by atoms with Crippen LogP contribution in [0.15, 0.2) is 34.9 Å². The van der Waals surface area contributed by atoms with E-state index in [9.17, 15) is 13.2 Å². The maximum Gasteiger partial charge on any atom is 0.411 e. The van der Waals surface area contributed by atoms with Crippen molar-refractivity contribution in [3.8, 4) is 11.6 Å². The minimum atomic E-state index is -4.31. The molecule has 0 atom stereocenters. The number of halogens is 3. The fourth-order valence-corrected chi connectivity index (χ4v) is 3.46. The van der Waals surface area contributed by atoms with Crippen LogP contribution < -0.4 is 15.5 Å². The van der Waals surface area contributed by atoms with Crippen molar-refractivity contribution in [2.24, 2.45) is 5.92 Å². The molecule has 0 unspecified atom stereocenters. The number of nitrogen functional groups attached to an aromatic ring is 1. The van der Waals surface area contributed by atoms with Crippen LogP contribution in [0.4, 0.5) is 36.8 Å². The molecule has 1 aromatic carbocycles. The van der Waals surface area contributed by atoms with Gasteiger partial charge < -0.3 is 24.8 Å². The first-order chi connectivity index (χ1) is 15.8. The van der Waals surface area contributed by atoms with E-state index >= 15 is 0 Å². The van der Waals surface area contributed by atoms with Crippen molar-refractivity contribution in [3.63, 3.8) is 0 Å². The second-order valence-electron chi connectivity index (χ2n) is 7.67. The number of piperidine rings is 1. The number of nitrogens with two attached hydrogens (primary N) is 1. The number of benzene rings is 1. The molecule has 3 aromatic rings. The van der Waals surface area contributed by atoms with Crippen LogP contribution in [-0.4, -0.2) is 64.6 Å². The molecule has 4 rings (SSSR count). The van der Waals surface area contributed by atoms with Gasteiger partial charge in [-0.2, -0.15) is 33.1 Å². The predicted molar refractivity (Wildman–Crippen MR) is 114 cm³/mol. The van der Waals surface area contributed by atoms with E-state index in [0.29, 0.717) is 31.9 Å². The van der Waals surface area contributed by atoms with Gasteiger partial charge in [-0.15, -0.1) is 0 Å². The number of rotatable bonds is 7. The molecule has 1 fully saturated rings. The van der Waals surface area contributed by atoms with Gasteiger partial charge >= 0.3 is 12.2 Å². The zero-order valence-electron chi connectivity index (χ0n) is 17.9. The minimum absolute atomic E-state index is 0.0174. The van der Waals surface area contributed by atoms with Crippen molar-refractivity contribution in [2.75, 3.05) is 48.9 Å². The molecule has 0 bridgehead atoms. The van der Waals surface area contributed by atoms with Crippen LogP contribution in [0.3, 0.4) is 0 Å². The standard InChI is InChI=1S/C20H23F3N8O2/c1-30(14-5-3-2-4-6-14)18-26-15(25-17(24)28-18)16-27-19(33-29-16)31-9-7-13(8-10-31)11-32-12-20(21,22)23/h2-6,13H,7-12H2,1H3,(H2,24,25,26,28). The zero-order valence-corrected chi connectivity index (χ0v) is 17.9. The summed E-state index contributed by atoms with van der Waals surface area (Å²) in [5.74, 6) is 0.729. The number of alkyl halides is 3. The Balaban J connectivity index is 1.40. The lowest BCUT2D eigenvalue weighted by molar-refractivity contribution is -0.176. The molecule has 2 N–H and O–H groups in total. The van der Waals surface area contributed by atoms with Crippen molar-refractivity contribution >= 4 is 23.6 Å². The van der Waals surface area contributed by atoms with Gasteiger partial charge in [-0.05, 0) is 30.9 Å². The Labute approximate surface area is 187 Å². The first-order valence-electron chi connectivity index (χ1n) is 10.3. The number of hydrogen-bond acceptors (Lipinski definition) is 10. The first-order valence-corrected chi connectivity index (χ1v) is 10.3. The molecule has 0 saturated carbocycles. The van der Waals surface area contributed by atoms with Crippen molar-refractivity contribution in [2.45, 2.75) is 19.0 Å². The molecule has 33 heavy (non-hydrogen) atoms. The van der Waals surface area contributed by atoms with Crippen molar-refractivity contribution in [1.82, 2.24) is 25.1 Å². The summed E-state index contributed by atoms with van der Waals surface area (Å²) in [4.78, 5) is 20.7. The highest BCUT2D eigenvalue weighted by atomic mass is 19.4. The van der Waals surface area contributed by atoms with Gasteiger partial charge in [0.25, 0.3) is 0 Å². The van der Waals surface area contributed by atoms with Crippen LogP contribution in [0.1, 0.15) is 12.8 Å². The highest BCUT2D eigenvalue weighted by molar-refractivity contribution is 5.59. The third kappa shape index (κ3) is 5.86. The summed E-state index contributed by atoms with van der Waals surface area (Å²) in [7, 11) is 1.80. The molecule has 1 aliphatic rings. The third-order valence-corrected chi connectivity index (χ3v) is 5.20. The van der Waals surface area contributed by atoms with Gasteiger partial charge in [0.05, 0.1) is 0 Å². The van der Waals surface area contributed by atoms with Gasteiger partial charge in [0.1, 0.15) is 6.61 Å². The molecule has 0 aliphatic carbocycles. The molecule has 0 radical (unpaired) electrons. The maximum atomic E-state index is 12.2. The lowest BCUT2D eigenvalue weighted by Gasteiger charge is -2.30. The van der Waals surface area contributed by atoms with E-state index in [1.54, 1.807) is 11.9 Å². The van der Waals surface area contributed by atoms with E-state index in [4.69, 9.17) is 15.0 Å². The van der Waals surface area contributed by atoms with Gasteiger partial charge in [-0.1, -0.05) is 23.4 Å². The van der Waals surface area contributed by atoms with Gasteiger partial charge in [0, 0.05) is 32.4 Å². The normalized spacial score (nSPS) is 15.1. The topological polar surface area (TPSA) is 119 Å². The van der Waals surface area contributed by atoms with Gasteiger partial charge in [-0.25, -0.2) is 0 Å². The number of hydrogen-bond donors (Lipinski definition) is 1. The lowest BCUT2D eigenvalue weighted by Crippen LogP contribution is -2.35. The molecule has 13 heteroatoms. The van der Waals surface area contributed by atoms with Crippen molar-refractivity contribution < 1.29 is 22.4 Å². The van der Waals surface area contributed by atoms with Gasteiger partial charge in [-0.3, -0.25) is 0 Å². The molecule has 10 nitrogen and oxygen atoms in total. The molecule has 176 valence electrons. The van der Waals surface area contributed by atoms with E-state index in [2.05, 4.69) is 25.1 Å². The molecule has 1 aliphatic heterocycles. The van der Waals surface area contributed by atoms with Crippen LogP contribution in [0.5, 0.6) is 0 Å². The average Bonchev–Trinajstić information content (AvgIpc) is 3.29. The van der Waals surface area contributed by atoms with E-state index in [1.165, 1.54) is 0 Å². The smallest absolute Gasteiger partial charge is 0.372 e. The summed E-state index contributed by atoms with van der Waals surface area (Å²) in [5.41, 5.74) is 6.74. The number of nitrogens with zero attached hydrogens (tertiary/aromatic N) is 7. The fraction of sp³-hybridized carbons (Fsp3) is 0.450. The number of ether oxygens (including phenoxy) is 1. The molecular formula is C20H23F3N8O2. The maximum absolute atomic E-state index is 12.2. The number of para-hydroxylation sites is 1. The largest absolute Gasteiger partial charge is 0.411 e. The summed E-state index contributed by atoms with van der Waals surface area (Å²) >= 11 is 0. The predicted octanol–water partition coefficient (Wildman–Crippen LogP) is 3.07. The fourth-order valence-electron chi connectivity index (χ4n) is 3.46. The van der Waals surface area contributed by atoms with Crippen molar-refractivity contribution in [3.05, 3.63) is 30.3 Å². The Morgan fingerprint density at radius 2 is 1.82 bits per heavy atom. The van der Waals surface area contributed by atoms with E-state index < -0.39 is 12.8 Å². The summed E-state index contributed by atoms with van der Waals surface area (Å²) in [6, 6.07) is 9.80. The quantitative estimate of drug-likeness (QED) is 0.559. The molecular weight excluding hydrogens is 441 g/mol. The minimum Gasteiger partial charge on any atom is -0.372 e. The Kier molecular flexibility index (Phi) is 6.58. The molecule has 0 amide bonds. The molecule has 3 heterocycles. The Morgan fingerprint density at radius 3 is 2.52 bits per heavy atom. The molecule has 2 aromatic heterocycles. The van der Waals surface area contributed by atoms with Crippen LogP contribution >= 0.6 is 0 Å². The summed E-state index contributed by atoms with van der Waals surface area (Å²) < 4.78 is 46.8. The second kappa shape index (κ2) is 9.57. The monoisotopic (exact) mass is 464 g/mol.